The molecule has 1 saturated heterocycles. The Hall–Kier alpha value is -0.0800. The van der Waals surface area contributed by atoms with Crippen LogP contribution in [0.5, 0.6) is 0 Å². The molecule has 1 N–H and O–H groups in total. The largest absolute Gasteiger partial charge is 0.313 e. The Balaban J connectivity index is 2.23. The maximum Gasteiger partial charge on any atom is 0.0207 e. The quantitative estimate of drug-likeness (QED) is 0.655. The Labute approximate surface area is 108 Å². The van der Waals surface area contributed by atoms with Crippen LogP contribution in [0, 0.1) is 5.41 Å². The van der Waals surface area contributed by atoms with Crippen molar-refractivity contribution in [3.63, 3.8) is 0 Å². The van der Waals surface area contributed by atoms with E-state index in [4.69, 9.17) is 0 Å². The molecule has 1 aliphatic rings. The summed E-state index contributed by atoms with van der Waals surface area (Å²) in [5, 5.41) is 3.57. The SMILES string of the molecule is CCCCCC(C)(C)CN1CCC(NCC)C1. The number of nitrogens with zero attached hydrogens (tertiary/aromatic N) is 1. The van der Waals surface area contributed by atoms with Gasteiger partial charge in [-0.25, -0.2) is 0 Å². The van der Waals surface area contributed by atoms with Gasteiger partial charge in [-0.05, 0) is 31.3 Å². The minimum atomic E-state index is 0.496. The summed E-state index contributed by atoms with van der Waals surface area (Å²) in [6.07, 6.45) is 6.84. The lowest BCUT2D eigenvalue weighted by atomic mass is 9.86. The second-order valence-electron chi connectivity index (χ2n) is 6.40. The molecule has 102 valence electrons. The van der Waals surface area contributed by atoms with E-state index in [-0.39, 0.29) is 0 Å². The third-order valence-corrected chi connectivity index (χ3v) is 3.87. The smallest absolute Gasteiger partial charge is 0.0207 e. The Morgan fingerprint density at radius 2 is 2.00 bits per heavy atom. The van der Waals surface area contributed by atoms with Crippen molar-refractivity contribution in [2.75, 3.05) is 26.2 Å². The Bertz CT molecular complexity index is 201. The summed E-state index contributed by atoms with van der Waals surface area (Å²) in [6.45, 7) is 14.3. The van der Waals surface area contributed by atoms with Gasteiger partial charge in [-0.2, -0.15) is 0 Å². The predicted octanol–water partition coefficient (Wildman–Crippen LogP) is 3.28. The van der Waals surface area contributed by atoms with Gasteiger partial charge in [-0.1, -0.05) is 47.0 Å². The minimum absolute atomic E-state index is 0.496. The lowest BCUT2D eigenvalue weighted by molar-refractivity contribution is 0.190. The second-order valence-corrected chi connectivity index (χ2v) is 6.40. The number of nitrogens with one attached hydrogen (secondary N) is 1. The van der Waals surface area contributed by atoms with E-state index in [1.807, 2.05) is 0 Å². The molecule has 1 atom stereocenters. The molecule has 2 nitrogen and oxygen atoms in total. The van der Waals surface area contributed by atoms with Crippen molar-refractivity contribution in [2.45, 2.75) is 65.8 Å². The van der Waals surface area contributed by atoms with Crippen LogP contribution >= 0.6 is 0 Å². The van der Waals surface area contributed by atoms with Crippen molar-refractivity contribution in [3.05, 3.63) is 0 Å². The van der Waals surface area contributed by atoms with Crippen LogP contribution in [0.4, 0.5) is 0 Å². The standard InChI is InChI=1S/C15H32N2/c1-5-7-8-10-15(3,4)13-17-11-9-14(12-17)16-6-2/h14,16H,5-13H2,1-4H3. The van der Waals surface area contributed by atoms with Crippen LogP contribution in [0.1, 0.15) is 59.8 Å². The molecule has 17 heavy (non-hydrogen) atoms. The van der Waals surface area contributed by atoms with Crippen LogP contribution in [0.15, 0.2) is 0 Å². The van der Waals surface area contributed by atoms with Crippen LogP contribution < -0.4 is 5.32 Å². The second kappa shape index (κ2) is 7.38. The summed E-state index contributed by atoms with van der Waals surface area (Å²) in [7, 11) is 0. The van der Waals surface area contributed by atoms with Crippen molar-refractivity contribution in [1.29, 1.82) is 0 Å². The maximum absolute atomic E-state index is 3.57. The maximum atomic E-state index is 3.57. The molecule has 1 rings (SSSR count). The number of likely N-dealkylation sites (tertiary alicyclic amines) is 1. The first-order valence-electron chi connectivity index (χ1n) is 7.53. The highest BCUT2D eigenvalue weighted by Gasteiger charge is 2.27. The highest BCUT2D eigenvalue weighted by atomic mass is 15.2. The molecule has 0 spiro atoms. The topological polar surface area (TPSA) is 15.3 Å². The first kappa shape index (κ1) is 15.0. The fourth-order valence-corrected chi connectivity index (χ4v) is 2.97. The Morgan fingerprint density at radius 1 is 1.24 bits per heavy atom. The summed E-state index contributed by atoms with van der Waals surface area (Å²) >= 11 is 0. The summed E-state index contributed by atoms with van der Waals surface area (Å²) in [6, 6.07) is 0.742. The molecular weight excluding hydrogens is 208 g/mol. The van der Waals surface area contributed by atoms with Crippen molar-refractivity contribution >= 4 is 0 Å². The lowest BCUT2D eigenvalue weighted by Crippen LogP contribution is -2.36. The zero-order valence-corrected chi connectivity index (χ0v) is 12.4. The van der Waals surface area contributed by atoms with E-state index in [1.54, 1.807) is 0 Å². The van der Waals surface area contributed by atoms with Crippen LogP contribution in [-0.4, -0.2) is 37.1 Å². The number of rotatable bonds is 8. The van der Waals surface area contributed by atoms with E-state index >= 15 is 0 Å². The Kier molecular flexibility index (Phi) is 6.50. The molecule has 0 aromatic carbocycles. The van der Waals surface area contributed by atoms with Gasteiger partial charge in [0, 0.05) is 19.1 Å². The molecule has 2 heteroatoms. The van der Waals surface area contributed by atoms with Crippen molar-refractivity contribution < 1.29 is 0 Å². The molecule has 0 radical (unpaired) electrons. The fraction of sp³-hybridized carbons (Fsp3) is 1.00. The molecule has 0 aliphatic carbocycles. The van der Waals surface area contributed by atoms with E-state index < -0.39 is 0 Å². The number of likely N-dealkylation sites (N-methyl/N-ethyl adjacent to an activating group) is 1. The Morgan fingerprint density at radius 3 is 2.65 bits per heavy atom. The first-order valence-corrected chi connectivity index (χ1v) is 7.53. The molecule has 0 amide bonds. The van der Waals surface area contributed by atoms with Gasteiger partial charge in [0.05, 0.1) is 0 Å². The van der Waals surface area contributed by atoms with Crippen molar-refractivity contribution in [1.82, 2.24) is 10.2 Å². The zero-order valence-electron chi connectivity index (χ0n) is 12.4. The van der Waals surface area contributed by atoms with Gasteiger partial charge >= 0.3 is 0 Å². The zero-order chi connectivity index (χ0) is 12.7. The number of hydrogen-bond acceptors (Lipinski definition) is 2. The number of unbranched alkanes of at least 4 members (excludes halogenated alkanes) is 2. The van der Waals surface area contributed by atoms with Gasteiger partial charge in [-0.15, -0.1) is 0 Å². The van der Waals surface area contributed by atoms with Gasteiger partial charge in [-0.3, -0.25) is 0 Å². The molecule has 0 aromatic heterocycles. The highest BCUT2D eigenvalue weighted by Crippen LogP contribution is 2.26. The predicted molar refractivity (Wildman–Crippen MR) is 76.4 cm³/mol. The van der Waals surface area contributed by atoms with Gasteiger partial charge < -0.3 is 10.2 Å². The van der Waals surface area contributed by atoms with E-state index in [2.05, 4.69) is 37.9 Å². The molecule has 0 bridgehead atoms. The summed E-state index contributed by atoms with van der Waals surface area (Å²) in [5.74, 6) is 0. The van der Waals surface area contributed by atoms with Gasteiger partial charge in [0.15, 0.2) is 0 Å². The van der Waals surface area contributed by atoms with Crippen LogP contribution in [0.2, 0.25) is 0 Å². The van der Waals surface area contributed by atoms with Crippen LogP contribution in [0.25, 0.3) is 0 Å². The minimum Gasteiger partial charge on any atom is -0.313 e. The fourth-order valence-electron chi connectivity index (χ4n) is 2.97. The summed E-state index contributed by atoms with van der Waals surface area (Å²) in [4.78, 5) is 2.65. The van der Waals surface area contributed by atoms with E-state index in [9.17, 15) is 0 Å². The molecule has 1 heterocycles. The molecule has 0 aromatic rings. The third-order valence-electron chi connectivity index (χ3n) is 3.87. The molecule has 0 saturated carbocycles. The van der Waals surface area contributed by atoms with Crippen LogP contribution in [-0.2, 0) is 0 Å². The molecule has 1 aliphatic heterocycles. The first-order chi connectivity index (χ1) is 8.07. The van der Waals surface area contributed by atoms with Gasteiger partial charge in [0.1, 0.15) is 0 Å². The lowest BCUT2D eigenvalue weighted by Gasteiger charge is -2.30. The van der Waals surface area contributed by atoms with Crippen molar-refractivity contribution in [3.8, 4) is 0 Å². The summed E-state index contributed by atoms with van der Waals surface area (Å²) < 4.78 is 0. The number of hydrogen-bond donors (Lipinski definition) is 1. The van der Waals surface area contributed by atoms with Gasteiger partial charge in [0.2, 0.25) is 0 Å². The van der Waals surface area contributed by atoms with E-state index in [0.29, 0.717) is 5.41 Å². The van der Waals surface area contributed by atoms with E-state index in [1.165, 1.54) is 51.7 Å². The summed E-state index contributed by atoms with van der Waals surface area (Å²) in [5.41, 5.74) is 0.496. The molecular formula is C15H32N2. The van der Waals surface area contributed by atoms with Crippen molar-refractivity contribution in [2.24, 2.45) is 5.41 Å². The normalized spacial score (nSPS) is 22.2. The average Bonchev–Trinajstić information content (AvgIpc) is 2.65. The van der Waals surface area contributed by atoms with Gasteiger partial charge in [0.25, 0.3) is 0 Å². The van der Waals surface area contributed by atoms with Crippen LogP contribution in [0.3, 0.4) is 0 Å². The monoisotopic (exact) mass is 240 g/mol. The third kappa shape index (κ3) is 5.87. The average molecular weight is 240 g/mol. The van der Waals surface area contributed by atoms with E-state index in [0.717, 1.165) is 12.6 Å². The highest BCUT2D eigenvalue weighted by molar-refractivity contribution is 4.84. The molecule has 1 unspecified atom stereocenters. The molecule has 1 fully saturated rings.